The van der Waals surface area contributed by atoms with Crippen LogP contribution >= 0.6 is 22.6 Å². The normalized spacial score (nSPS) is 39.4. The van der Waals surface area contributed by atoms with Crippen molar-refractivity contribution in [2.24, 2.45) is 5.92 Å². The molecule has 0 amide bonds. The molecule has 0 saturated heterocycles. The average Bonchev–Trinajstić information content (AvgIpc) is 2.18. The van der Waals surface area contributed by atoms with E-state index >= 15 is 0 Å². The summed E-state index contributed by atoms with van der Waals surface area (Å²) in [5.74, 6) is 0.816. The lowest BCUT2D eigenvalue weighted by Gasteiger charge is -2.45. The summed E-state index contributed by atoms with van der Waals surface area (Å²) >= 11 is 2.64. The second-order valence-electron chi connectivity index (χ2n) is 4.31. The van der Waals surface area contributed by atoms with E-state index in [1.807, 2.05) is 0 Å². The van der Waals surface area contributed by atoms with E-state index in [9.17, 15) is 0 Å². The van der Waals surface area contributed by atoms with Crippen LogP contribution < -0.4 is 0 Å². The van der Waals surface area contributed by atoms with Crippen LogP contribution in [0, 0.1) is 5.92 Å². The predicted molar refractivity (Wildman–Crippen MR) is 67.1 cm³/mol. The Hall–Kier alpha value is -0.250. The van der Waals surface area contributed by atoms with Gasteiger partial charge in [-0.15, -0.1) is 0 Å². The third-order valence-electron chi connectivity index (χ3n) is 3.48. The molecule has 2 bridgehead atoms. The molecular formula is C12H14IN. The second kappa shape index (κ2) is 3.40. The molecule has 3 aliphatic rings. The summed E-state index contributed by atoms with van der Waals surface area (Å²) in [6, 6.07) is 0.746. The Labute approximate surface area is 98.7 Å². The van der Waals surface area contributed by atoms with Gasteiger partial charge in [-0.05, 0) is 30.9 Å². The maximum absolute atomic E-state index is 2.64. The standard InChI is InChI=1S/C12H14IN/c13-12-9-4-3-6-11(12)14-7-2-1-5-10(14)8-9/h1-2,5,7-9,11-12H,3-4,6H2. The van der Waals surface area contributed by atoms with Gasteiger partial charge in [0.15, 0.2) is 0 Å². The smallest absolute Gasteiger partial charge is 0.0459 e. The molecule has 2 heterocycles. The third-order valence-corrected chi connectivity index (χ3v) is 5.23. The monoisotopic (exact) mass is 299 g/mol. The lowest BCUT2D eigenvalue weighted by Crippen LogP contribution is -2.46. The average molecular weight is 299 g/mol. The molecule has 14 heavy (non-hydrogen) atoms. The van der Waals surface area contributed by atoms with Crippen molar-refractivity contribution in [1.82, 2.24) is 4.90 Å². The van der Waals surface area contributed by atoms with Gasteiger partial charge in [0.2, 0.25) is 0 Å². The third kappa shape index (κ3) is 1.27. The first-order chi connectivity index (χ1) is 6.86. The van der Waals surface area contributed by atoms with Crippen LogP contribution in [0.4, 0.5) is 0 Å². The van der Waals surface area contributed by atoms with Crippen LogP contribution in [0.1, 0.15) is 19.3 Å². The predicted octanol–water partition coefficient (Wildman–Crippen LogP) is 3.24. The number of hydrogen-bond acceptors (Lipinski definition) is 1. The van der Waals surface area contributed by atoms with Crippen LogP contribution in [0.15, 0.2) is 36.2 Å². The largest absolute Gasteiger partial charge is 0.344 e. The highest BCUT2D eigenvalue weighted by molar-refractivity contribution is 14.1. The van der Waals surface area contributed by atoms with Gasteiger partial charge in [-0.25, -0.2) is 0 Å². The molecule has 1 aliphatic carbocycles. The molecule has 0 aromatic carbocycles. The number of rotatable bonds is 0. The topological polar surface area (TPSA) is 3.24 Å². The maximum Gasteiger partial charge on any atom is 0.0459 e. The molecule has 1 saturated carbocycles. The lowest BCUT2D eigenvalue weighted by molar-refractivity contribution is 0.227. The number of nitrogens with zero attached hydrogens (tertiary/aromatic N) is 1. The summed E-state index contributed by atoms with van der Waals surface area (Å²) in [5, 5.41) is 0. The fourth-order valence-electron chi connectivity index (χ4n) is 2.77. The fraction of sp³-hybridized carbons (Fsp3) is 0.500. The van der Waals surface area contributed by atoms with E-state index in [2.05, 4.69) is 58.0 Å². The van der Waals surface area contributed by atoms with Crippen LogP contribution in [-0.4, -0.2) is 14.9 Å². The van der Waals surface area contributed by atoms with Gasteiger partial charge in [-0.1, -0.05) is 41.2 Å². The highest BCUT2D eigenvalue weighted by Gasteiger charge is 2.37. The Morgan fingerprint density at radius 1 is 1.29 bits per heavy atom. The molecule has 74 valence electrons. The SMILES string of the molecule is IC1C2C=C3C=CC=CN3C1CCC2. The van der Waals surface area contributed by atoms with Crippen molar-refractivity contribution in [3.63, 3.8) is 0 Å². The number of hydrogen-bond donors (Lipinski definition) is 0. The number of allylic oxidation sites excluding steroid dienone is 4. The first-order valence-corrected chi connectivity index (χ1v) is 6.60. The zero-order valence-electron chi connectivity index (χ0n) is 8.07. The Morgan fingerprint density at radius 3 is 3.14 bits per heavy atom. The van der Waals surface area contributed by atoms with E-state index in [-0.39, 0.29) is 0 Å². The lowest BCUT2D eigenvalue weighted by atomic mass is 9.81. The van der Waals surface area contributed by atoms with Gasteiger partial charge in [0.05, 0.1) is 0 Å². The van der Waals surface area contributed by atoms with Gasteiger partial charge in [-0.3, -0.25) is 0 Å². The van der Waals surface area contributed by atoms with E-state index < -0.39 is 0 Å². The summed E-state index contributed by atoms with van der Waals surface area (Å²) in [5.41, 5.74) is 1.43. The fourth-order valence-corrected chi connectivity index (χ4v) is 4.04. The van der Waals surface area contributed by atoms with Gasteiger partial charge in [0, 0.05) is 21.9 Å². The van der Waals surface area contributed by atoms with Gasteiger partial charge >= 0.3 is 0 Å². The van der Waals surface area contributed by atoms with Gasteiger partial charge in [0.1, 0.15) is 0 Å². The van der Waals surface area contributed by atoms with Crippen LogP contribution in [0.2, 0.25) is 0 Å². The Bertz CT molecular complexity index is 329. The van der Waals surface area contributed by atoms with Crippen molar-refractivity contribution in [2.75, 3.05) is 0 Å². The molecule has 3 unspecified atom stereocenters. The van der Waals surface area contributed by atoms with Crippen molar-refractivity contribution >= 4 is 22.6 Å². The molecule has 3 rings (SSSR count). The zero-order chi connectivity index (χ0) is 9.54. The molecular weight excluding hydrogens is 285 g/mol. The second-order valence-corrected chi connectivity index (χ2v) is 5.74. The van der Waals surface area contributed by atoms with Crippen molar-refractivity contribution in [3.05, 3.63) is 36.2 Å². The minimum Gasteiger partial charge on any atom is -0.344 e. The molecule has 0 N–H and O–H groups in total. The number of alkyl halides is 1. The molecule has 0 spiro atoms. The van der Waals surface area contributed by atoms with E-state index in [4.69, 9.17) is 0 Å². The van der Waals surface area contributed by atoms with Crippen molar-refractivity contribution in [3.8, 4) is 0 Å². The van der Waals surface area contributed by atoms with Crippen molar-refractivity contribution < 1.29 is 0 Å². The summed E-state index contributed by atoms with van der Waals surface area (Å²) in [6.45, 7) is 0. The molecule has 3 atom stereocenters. The molecule has 0 aromatic rings. The van der Waals surface area contributed by atoms with E-state index in [0.29, 0.717) is 0 Å². The van der Waals surface area contributed by atoms with E-state index in [1.54, 1.807) is 0 Å². The summed E-state index contributed by atoms with van der Waals surface area (Å²) in [7, 11) is 0. The molecule has 2 heteroatoms. The minimum atomic E-state index is 0.746. The van der Waals surface area contributed by atoms with Crippen LogP contribution in [-0.2, 0) is 0 Å². The van der Waals surface area contributed by atoms with Gasteiger partial charge in [0.25, 0.3) is 0 Å². The Kier molecular flexibility index (Phi) is 2.19. The highest BCUT2D eigenvalue weighted by Crippen LogP contribution is 2.41. The molecule has 0 radical (unpaired) electrons. The molecule has 0 aromatic heterocycles. The first-order valence-electron chi connectivity index (χ1n) is 5.35. The summed E-state index contributed by atoms with van der Waals surface area (Å²) in [4.78, 5) is 2.47. The van der Waals surface area contributed by atoms with E-state index in [0.717, 1.165) is 15.9 Å². The summed E-state index contributed by atoms with van der Waals surface area (Å²) < 4.78 is 0.807. The van der Waals surface area contributed by atoms with Gasteiger partial charge < -0.3 is 4.90 Å². The highest BCUT2D eigenvalue weighted by atomic mass is 127. The molecule has 2 aliphatic heterocycles. The van der Waals surface area contributed by atoms with Crippen molar-refractivity contribution in [1.29, 1.82) is 0 Å². The minimum absolute atomic E-state index is 0.746. The molecule has 1 nitrogen and oxygen atoms in total. The van der Waals surface area contributed by atoms with Gasteiger partial charge in [-0.2, -0.15) is 0 Å². The van der Waals surface area contributed by atoms with Crippen LogP contribution in [0.5, 0.6) is 0 Å². The molecule has 1 fully saturated rings. The number of halogens is 1. The summed E-state index contributed by atoms with van der Waals surface area (Å²) in [6.07, 6.45) is 15.4. The van der Waals surface area contributed by atoms with E-state index in [1.165, 1.54) is 25.0 Å². The Balaban J connectivity index is 2.02. The maximum atomic E-state index is 2.64. The van der Waals surface area contributed by atoms with Crippen molar-refractivity contribution in [2.45, 2.75) is 29.2 Å². The first kappa shape index (κ1) is 9.01. The Morgan fingerprint density at radius 2 is 2.21 bits per heavy atom. The number of fused-ring (bicyclic) bond motifs is 4. The zero-order valence-corrected chi connectivity index (χ0v) is 10.2. The quantitative estimate of drug-likeness (QED) is 0.490. The van der Waals surface area contributed by atoms with Crippen LogP contribution in [0.3, 0.4) is 0 Å². The van der Waals surface area contributed by atoms with Crippen LogP contribution in [0.25, 0.3) is 0 Å².